The van der Waals surface area contributed by atoms with Crippen LogP contribution in [0.25, 0.3) is 5.82 Å². The minimum atomic E-state index is -4.37. The van der Waals surface area contributed by atoms with Crippen molar-refractivity contribution in [2.24, 2.45) is 11.3 Å². The first-order chi connectivity index (χ1) is 22.1. The largest absolute Gasteiger partial charge is 0.478 e. The molecule has 5 rings (SSSR count). The summed E-state index contributed by atoms with van der Waals surface area (Å²) in [5, 5.41) is 3.98. The molecule has 0 spiro atoms. The Morgan fingerprint density at radius 1 is 1.04 bits per heavy atom. The predicted octanol–water partition coefficient (Wildman–Crippen LogP) is 6.09. The number of hydrogen-bond donors (Lipinski definition) is 1. The van der Waals surface area contributed by atoms with Crippen molar-refractivity contribution in [2.45, 2.75) is 89.4 Å². The van der Waals surface area contributed by atoms with E-state index in [-0.39, 0.29) is 60.0 Å². The van der Waals surface area contributed by atoms with E-state index in [2.05, 4.69) is 28.7 Å². The number of unbranched alkanes of at least 4 members (excludes halogenated alkanes) is 2. The van der Waals surface area contributed by atoms with Crippen molar-refractivity contribution in [3.8, 4) is 17.6 Å². The van der Waals surface area contributed by atoms with Crippen LogP contribution in [-0.2, 0) is 10.0 Å². The second-order valence-electron chi connectivity index (χ2n) is 13.1. The number of halogens is 3. The maximum atomic E-state index is 13.6. The quantitative estimate of drug-likeness (QED) is 0.202. The fourth-order valence-electron chi connectivity index (χ4n) is 5.98. The molecule has 3 aromatic heterocycles. The molecule has 4 heterocycles. The van der Waals surface area contributed by atoms with Gasteiger partial charge in [-0.3, -0.25) is 4.79 Å². The van der Waals surface area contributed by atoms with Crippen LogP contribution in [0.1, 0.15) is 83.0 Å². The Morgan fingerprint density at radius 3 is 2.45 bits per heavy atom. The number of rotatable bonds is 14. The van der Waals surface area contributed by atoms with Crippen molar-refractivity contribution in [2.75, 3.05) is 24.7 Å². The Morgan fingerprint density at radius 2 is 1.79 bits per heavy atom. The number of hydrogen-bond acceptors (Lipinski definition) is 9. The lowest BCUT2D eigenvalue weighted by Crippen LogP contribution is -2.41. The number of carbonyl (C=O) groups excluding carboxylic acids is 1. The Bertz CT molecular complexity index is 1690. The molecule has 256 valence electrons. The summed E-state index contributed by atoms with van der Waals surface area (Å²) in [6.07, 6.45) is 0.952. The Labute approximate surface area is 272 Å². The summed E-state index contributed by atoms with van der Waals surface area (Å²) < 4.78 is 81.1. The zero-order chi connectivity index (χ0) is 34.0. The van der Waals surface area contributed by atoms with Crippen LogP contribution in [0, 0.1) is 11.3 Å². The second kappa shape index (κ2) is 13.3. The normalized spacial score (nSPS) is 18.6. The van der Waals surface area contributed by atoms with E-state index in [1.165, 1.54) is 35.0 Å². The van der Waals surface area contributed by atoms with Crippen molar-refractivity contribution in [1.29, 1.82) is 0 Å². The molecule has 15 heteroatoms. The van der Waals surface area contributed by atoms with Gasteiger partial charge in [0, 0.05) is 30.4 Å². The fraction of sp³-hybridized carbons (Fsp3) is 0.562. The SMILES string of the molecule is CCCCCOc1cccc(S(=O)(=O)NC(=O)c2ccc(-n3ccc(OCCC4(C(F)(F)F)CC4)n3)nc2N2CC(C)CC2(C)C)n1. The third-order valence-corrected chi connectivity index (χ3v) is 9.95. The van der Waals surface area contributed by atoms with Crippen LogP contribution in [0.2, 0.25) is 0 Å². The molecule has 1 unspecified atom stereocenters. The average Bonchev–Trinajstić information content (AvgIpc) is 3.57. The van der Waals surface area contributed by atoms with Crippen LogP contribution in [0.4, 0.5) is 19.0 Å². The van der Waals surface area contributed by atoms with Crippen LogP contribution in [-0.4, -0.2) is 65.5 Å². The lowest BCUT2D eigenvalue weighted by atomic mass is 9.97. The van der Waals surface area contributed by atoms with Gasteiger partial charge in [0.05, 0.1) is 24.2 Å². The van der Waals surface area contributed by atoms with Gasteiger partial charge < -0.3 is 14.4 Å². The van der Waals surface area contributed by atoms with Gasteiger partial charge >= 0.3 is 6.18 Å². The molecular formula is C32H41F3N6O5S. The summed E-state index contributed by atoms with van der Waals surface area (Å²) in [6.45, 7) is 9.02. The third-order valence-electron chi connectivity index (χ3n) is 8.72. The number of ether oxygens (including phenoxy) is 2. The van der Waals surface area contributed by atoms with Crippen molar-refractivity contribution < 1.29 is 35.9 Å². The first kappa shape index (κ1) is 34.5. The summed E-state index contributed by atoms with van der Waals surface area (Å²) in [4.78, 5) is 24.4. The van der Waals surface area contributed by atoms with Gasteiger partial charge in [0.2, 0.25) is 11.8 Å². The summed E-state index contributed by atoms with van der Waals surface area (Å²) in [5.41, 5.74) is -2.03. The smallest absolute Gasteiger partial charge is 0.394 e. The van der Waals surface area contributed by atoms with Crippen LogP contribution >= 0.6 is 0 Å². The van der Waals surface area contributed by atoms with Gasteiger partial charge in [-0.2, -0.15) is 26.6 Å². The van der Waals surface area contributed by atoms with Crippen molar-refractivity contribution in [1.82, 2.24) is 24.5 Å². The zero-order valence-electron chi connectivity index (χ0n) is 27.0. The highest BCUT2D eigenvalue weighted by molar-refractivity contribution is 7.90. The number of nitrogens with one attached hydrogen (secondary N) is 1. The highest BCUT2D eigenvalue weighted by atomic mass is 32.2. The standard InChI is InChI=1S/C32H41F3N6O5S/c1-5-6-7-18-45-25-9-8-10-27(37-25)47(43,44)39-29(42)23-11-12-24(36-28(23)40-21-22(2)20-30(40,3)4)41-17-13-26(38-41)46-19-16-31(14-15-31)32(33,34)35/h8-13,17,22H,5-7,14-16,18-21H2,1-4H3,(H,39,42). The first-order valence-corrected chi connectivity index (χ1v) is 17.3. The summed E-state index contributed by atoms with van der Waals surface area (Å²) in [5.74, 6) is 0.256. The van der Waals surface area contributed by atoms with Gasteiger partial charge in [-0.05, 0) is 70.1 Å². The van der Waals surface area contributed by atoms with Crippen molar-refractivity contribution in [3.63, 3.8) is 0 Å². The molecule has 47 heavy (non-hydrogen) atoms. The molecule has 11 nitrogen and oxygen atoms in total. The lowest BCUT2D eigenvalue weighted by Gasteiger charge is -2.34. The monoisotopic (exact) mass is 678 g/mol. The number of pyridine rings is 2. The molecule has 3 aromatic rings. The summed E-state index contributed by atoms with van der Waals surface area (Å²) in [7, 11) is -4.37. The summed E-state index contributed by atoms with van der Waals surface area (Å²) >= 11 is 0. The van der Waals surface area contributed by atoms with E-state index >= 15 is 0 Å². The number of sulfonamides is 1. The first-order valence-electron chi connectivity index (χ1n) is 15.9. The third kappa shape index (κ3) is 7.82. The van der Waals surface area contributed by atoms with Gasteiger partial charge in [-0.1, -0.05) is 32.8 Å². The molecule has 1 saturated carbocycles. The van der Waals surface area contributed by atoms with E-state index in [0.717, 1.165) is 25.7 Å². The number of nitrogens with zero attached hydrogens (tertiary/aromatic N) is 5. The van der Waals surface area contributed by atoms with Crippen molar-refractivity contribution in [3.05, 3.63) is 48.2 Å². The highest BCUT2D eigenvalue weighted by Crippen LogP contribution is 2.59. The van der Waals surface area contributed by atoms with Gasteiger partial charge in [-0.25, -0.2) is 14.4 Å². The Hall–Kier alpha value is -3.88. The number of amides is 1. The minimum Gasteiger partial charge on any atom is -0.478 e. The molecule has 1 aliphatic carbocycles. The van der Waals surface area contributed by atoms with Crippen LogP contribution < -0.4 is 19.1 Å². The number of carbonyl (C=O) groups is 1. The van der Waals surface area contributed by atoms with Crippen molar-refractivity contribution >= 4 is 21.7 Å². The number of aromatic nitrogens is 4. The molecule has 2 fully saturated rings. The van der Waals surface area contributed by atoms with Gasteiger partial charge in [0.1, 0.15) is 5.82 Å². The number of alkyl halides is 3. The van der Waals surface area contributed by atoms with Gasteiger partial charge in [-0.15, -0.1) is 5.10 Å². The van der Waals surface area contributed by atoms with E-state index in [1.54, 1.807) is 12.3 Å². The van der Waals surface area contributed by atoms with Crippen LogP contribution in [0.3, 0.4) is 0 Å². The van der Waals surface area contributed by atoms with Gasteiger partial charge in [0.25, 0.3) is 15.9 Å². The molecule has 2 aliphatic rings. The van der Waals surface area contributed by atoms with E-state index < -0.39 is 33.1 Å². The zero-order valence-corrected chi connectivity index (χ0v) is 27.8. The van der Waals surface area contributed by atoms with Crippen LogP contribution in [0.15, 0.2) is 47.6 Å². The molecule has 0 aromatic carbocycles. The average molecular weight is 679 g/mol. The van der Waals surface area contributed by atoms with E-state index in [4.69, 9.17) is 14.5 Å². The van der Waals surface area contributed by atoms with E-state index in [1.807, 2.05) is 18.7 Å². The molecule has 1 N–H and O–H groups in total. The molecule has 0 radical (unpaired) electrons. The van der Waals surface area contributed by atoms with Gasteiger partial charge in [0.15, 0.2) is 10.8 Å². The molecular weight excluding hydrogens is 637 g/mol. The molecule has 1 atom stereocenters. The maximum absolute atomic E-state index is 13.6. The highest BCUT2D eigenvalue weighted by Gasteiger charge is 2.62. The Balaban J connectivity index is 1.36. The van der Waals surface area contributed by atoms with E-state index in [0.29, 0.717) is 19.0 Å². The second-order valence-corrected chi connectivity index (χ2v) is 14.7. The Kier molecular flexibility index (Phi) is 9.76. The lowest BCUT2D eigenvalue weighted by molar-refractivity contribution is -0.190. The number of anilines is 1. The van der Waals surface area contributed by atoms with Crippen LogP contribution in [0.5, 0.6) is 11.8 Å². The molecule has 0 bridgehead atoms. The molecule has 1 saturated heterocycles. The molecule has 1 amide bonds. The summed E-state index contributed by atoms with van der Waals surface area (Å²) in [6, 6.07) is 8.86. The fourth-order valence-corrected chi connectivity index (χ4v) is 6.91. The topological polar surface area (TPSA) is 129 Å². The molecule has 1 aliphatic heterocycles. The maximum Gasteiger partial charge on any atom is 0.394 e. The predicted molar refractivity (Wildman–Crippen MR) is 168 cm³/mol. The van der Waals surface area contributed by atoms with E-state index in [9.17, 15) is 26.4 Å². The minimum absolute atomic E-state index is 0.0389.